The molecule has 2 aromatic carbocycles. The maximum absolute atomic E-state index is 13.0. The van der Waals surface area contributed by atoms with Crippen molar-refractivity contribution in [1.82, 2.24) is 4.31 Å². The number of nitrogens with zero attached hydrogens (tertiary/aromatic N) is 1. The number of sulfonamides is 1. The van der Waals surface area contributed by atoms with Crippen LogP contribution < -0.4 is 9.47 Å². The highest BCUT2D eigenvalue weighted by Crippen LogP contribution is 2.37. The van der Waals surface area contributed by atoms with Crippen LogP contribution in [0.1, 0.15) is 11.1 Å². The number of hydrogen-bond acceptors (Lipinski definition) is 4. The summed E-state index contributed by atoms with van der Waals surface area (Å²) in [6, 6.07) is 7.41. The zero-order chi connectivity index (χ0) is 20.4. The molecule has 0 fully saturated rings. The monoisotopic (exact) mass is 423 g/mol. The predicted molar refractivity (Wildman–Crippen MR) is 94.7 cm³/mol. The maximum Gasteiger partial charge on any atom is 0.417 e. The molecule has 0 aliphatic rings. The zero-order valence-corrected chi connectivity index (χ0v) is 16.2. The van der Waals surface area contributed by atoms with Crippen LogP contribution in [-0.2, 0) is 22.7 Å². The molecule has 0 N–H and O–H groups in total. The Morgan fingerprint density at radius 3 is 2.33 bits per heavy atom. The molecule has 148 valence electrons. The molecule has 0 bridgehead atoms. The molecule has 0 aromatic heterocycles. The van der Waals surface area contributed by atoms with E-state index in [0.29, 0.717) is 23.1 Å². The Morgan fingerprint density at radius 2 is 1.78 bits per heavy atom. The van der Waals surface area contributed by atoms with Gasteiger partial charge in [-0.3, -0.25) is 0 Å². The van der Waals surface area contributed by atoms with Crippen LogP contribution in [0.25, 0.3) is 0 Å². The molecule has 5 nitrogen and oxygen atoms in total. The van der Waals surface area contributed by atoms with Crippen molar-refractivity contribution in [2.45, 2.75) is 17.6 Å². The standard InChI is InChI=1S/C17H17ClF3NO4S/c1-22(10-11-5-4-6-15(25-2)16(11)26-3)27(23,24)12-7-8-14(18)13(9-12)17(19,20)21/h4-9H,10H2,1-3H3. The van der Waals surface area contributed by atoms with Crippen LogP contribution in [0.2, 0.25) is 5.02 Å². The number of halogens is 4. The van der Waals surface area contributed by atoms with Gasteiger partial charge in [0, 0.05) is 19.2 Å². The third-order valence-corrected chi connectivity index (χ3v) is 5.96. The highest BCUT2D eigenvalue weighted by atomic mass is 35.5. The molecule has 0 radical (unpaired) electrons. The van der Waals surface area contributed by atoms with Crippen LogP contribution in [0.5, 0.6) is 11.5 Å². The largest absolute Gasteiger partial charge is 0.493 e. The zero-order valence-electron chi connectivity index (χ0n) is 14.7. The van der Waals surface area contributed by atoms with Gasteiger partial charge in [0.15, 0.2) is 11.5 Å². The van der Waals surface area contributed by atoms with Gasteiger partial charge in [0.25, 0.3) is 0 Å². The van der Waals surface area contributed by atoms with E-state index in [9.17, 15) is 21.6 Å². The van der Waals surface area contributed by atoms with Gasteiger partial charge >= 0.3 is 6.18 Å². The van der Waals surface area contributed by atoms with Gasteiger partial charge < -0.3 is 9.47 Å². The molecular formula is C17H17ClF3NO4S. The van der Waals surface area contributed by atoms with Crippen molar-refractivity contribution in [2.24, 2.45) is 0 Å². The minimum Gasteiger partial charge on any atom is -0.493 e. The van der Waals surface area contributed by atoms with E-state index in [1.807, 2.05) is 0 Å². The normalized spacial score (nSPS) is 12.3. The molecule has 27 heavy (non-hydrogen) atoms. The maximum atomic E-state index is 13.0. The van der Waals surface area contributed by atoms with Gasteiger partial charge in [-0.2, -0.15) is 17.5 Å². The molecule has 0 unspecified atom stereocenters. The summed E-state index contributed by atoms with van der Waals surface area (Å²) in [6.45, 7) is -0.132. The molecule has 0 aliphatic carbocycles. The molecular weight excluding hydrogens is 407 g/mol. The summed E-state index contributed by atoms with van der Waals surface area (Å²) < 4.78 is 75.9. The van der Waals surface area contributed by atoms with Crippen molar-refractivity contribution in [3.8, 4) is 11.5 Å². The quantitative estimate of drug-likeness (QED) is 0.699. The van der Waals surface area contributed by atoms with Crippen molar-refractivity contribution in [3.05, 3.63) is 52.5 Å². The minimum atomic E-state index is -4.77. The fourth-order valence-corrected chi connectivity index (χ4v) is 3.87. The van der Waals surface area contributed by atoms with E-state index in [1.165, 1.54) is 21.3 Å². The Kier molecular flexibility index (Phi) is 6.28. The summed E-state index contributed by atoms with van der Waals surface area (Å²) in [5, 5.41) is -0.571. The Labute approximate surface area is 160 Å². The molecule has 0 atom stereocenters. The van der Waals surface area contributed by atoms with Crippen molar-refractivity contribution in [1.29, 1.82) is 0 Å². The van der Waals surface area contributed by atoms with Crippen molar-refractivity contribution in [2.75, 3.05) is 21.3 Å². The number of ether oxygens (including phenoxy) is 2. The van der Waals surface area contributed by atoms with E-state index >= 15 is 0 Å². The number of benzene rings is 2. The van der Waals surface area contributed by atoms with Crippen LogP contribution in [0, 0.1) is 0 Å². The summed E-state index contributed by atoms with van der Waals surface area (Å²) >= 11 is 5.55. The van der Waals surface area contributed by atoms with Crippen LogP contribution in [0.4, 0.5) is 13.2 Å². The molecule has 0 heterocycles. The molecule has 10 heteroatoms. The third kappa shape index (κ3) is 4.48. The SMILES string of the molecule is COc1cccc(CN(C)S(=O)(=O)c2ccc(Cl)c(C(F)(F)F)c2)c1OC. The van der Waals surface area contributed by atoms with Gasteiger partial charge in [0.05, 0.1) is 29.7 Å². The molecule has 0 saturated carbocycles. The van der Waals surface area contributed by atoms with E-state index < -0.39 is 31.7 Å². The summed E-state index contributed by atoms with van der Waals surface area (Å²) in [7, 11) is -0.0966. The summed E-state index contributed by atoms with van der Waals surface area (Å²) in [5.41, 5.74) is -0.717. The second-order valence-electron chi connectivity index (χ2n) is 5.55. The van der Waals surface area contributed by atoms with Crippen LogP contribution in [0.3, 0.4) is 0 Å². The number of rotatable bonds is 6. The first-order chi connectivity index (χ1) is 12.5. The highest BCUT2D eigenvalue weighted by molar-refractivity contribution is 7.89. The lowest BCUT2D eigenvalue weighted by Crippen LogP contribution is -2.27. The minimum absolute atomic E-state index is 0.132. The second-order valence-corrected chi connectivity index (χ2v) is 8.01. The lowest BCUT2D eigenvalue weighted by Gasteiger charge is -2.20. The summed E-state index contributed by atoms with van der Waals surface area (Å²) in [4.78, 5) is -0.511. The number of hydrogen-bond donors (Lipinski definition) is 0. The van der Waals surface area contributed by atoms with E-state index in [-0.39, 0.29) is 6.54 Å². The fourth-order valence-electron chi connectivity index (χ4n) is 2.47. The van der Waals surface area contributed by atoms with E-state index in [4.69, 9.17) is 21.1 Å². The number of alkyl halides is 3. The summed E-state index contributed by atoms with van der Waals surface area (Å²) in [6.07, 6.45) is -4.77. The third-order valence-electron chi connectivity index (χ3n) is 3.83. The molecule has 2 rings (SSSR count). The van der Waals surface area contributed by atoms with Crippen LogP contribution >= 0.6 is 11.6 Å². The van der Waals surface area contributed by atoms with E-state index in [1.54, 1.807) is 18.2 Å². The van der Waals surface area contributed by atoms with Gasteiger partial charge in [-0.15, -0.1) is 0 Å². The van der Waals surface area contributed by atoms with Crippen molar-refractivity contribution in [3.63, 3.8) is 0 Å². The van der Waals surface area contributed by atoms with Gasteiger partial charge in [-0.25, -0.2) is 8.42 Å². The van der Waals surface area contributed by atoms with E-state index in [2.05, 4.69) is 0 Å². The lowest BCUT2D eigenvalue weighted by atomic mass is 10.2. The lowest BCUT2D eigenvalue weighted by molar-refractivity contribution is -0.137. The van der Waals surface area contributed by atoms with Crippen molar-refractivity contribution >= 4 is 21.6 Å². The first kappa shape index (κ1) is 21.3. The van der Waals surface area contributed by atoms with Crippen molar-refractivity contribution < 1.29 is 31.1 Å². The Morgan fingerprint density at radius 1 is 1.11 bits per heavy atom. The van der Waals surface area contributed by atoms with Gasteiger partial charge in [0.2, 0.25) is 10.0 Å². The topological polar surface area (TPSA) is 55.8 Å². The highest BCUT2D eigenvalue weighted by Gasteiger charge is 2.35. The molecule has 0 aliphatic heterocycles. The fraction of sp³-hybridized carbons (Fsp3) is 0.294. The summed E-state index contributed by atoms with van der Waals surface area (Å²) in [5.74, 6) is 0.751. The first-order valence-electron chi connectivity index (χ1n) is 7.55. The Hall–Kier alpha value is -1.97. The van der Waals surface area contributed by atoms with Crippen LogP contribution in [-0.4, -0.2) is 34.0 Å². The average Bonchev–Trinajstić information content (AvgIpc) is 2.60. The Balaban J connectivity index is 2.41. The smallest absolute Gasteiger partial charge is 0.417 e. The molecule has 2 aromatic rings. The molecule has 0 saturated heterocycles. The van der Waals surface area contributed by atoms with Gasteiger partial charge in [-0.1, -0.05) is 23.7 Å². The molecule has 0 spiro atoms. The second kappa shape index (κ2) is 7.95. The number of para-hydroxylation sites is 1. The van der Waals surface area contributed by atoms with Gasteiger partial charge in [0.1, 0.15) is 0 Å². The predicted octanol–water partition coefficient (Wildman–Crippen LogP) is 4.20. The molecule has 0 amide bonds. The Bertz CT molecular complexity index is 932. The number of methoxy groups -OCH3 is 2. The van der Waals surface area contributed by atoms with E-state index in [0.717, 1.165) is 16.4 Å². The average molecular weight is 424 g/mol. The first-order valence-corrected chi connectivity index (χ1v) is 9.37. The van der Waals surface area contributed by atoms with Gasteiger partial charge in [-0.05, 0) is 24.3 Å². The van der Waals surface area contributed by atoms with Crippen LogP contribution in [0.15, 0.2) is 41.3 Å².